The highest BCUT2D eigenvalue weighted by molar-refractivity contribution is 5.90. The molecule has 0 bridgehead atoms. The summed E-state index contributed by atoms with van der Waals surface area (Å²) in [4.78, 5) is 13.8. The Balaban J connectivity index is 2.02. The van der Waals surface area contributed by atoms with E-state index in [0.29, 0.717) is 17.8 Å². The van der Waals surface area contributed by atoms with Crippen LogP contribution in [0, 0.1) is 17.8 Å². The van der Waals surface area contributed by atoms with Crippen molar-refractivity contribution in [3.8, 4) is 0 Å². The van der Waals surface area contributed by atoms with Gasteiger partial charge in [-0.05, 0) is 56.3 Å². The molecule has 3 rings (SSSR count). The molecule has 0 aromatic rings. The van der Waals surface area contributed by atoms with Crippen LogP contribution >= 0.6 is 0 Å². The van der Waals surface area contributed by atoms with Crippen LogP contribution < -0.4 is 0 Å². The minimum Gasteiger partial charge on any atom is -0.435 e. The molecule has 0 heterocycles. The van der Waals surface area contributed by atoms with E-state index in [2.05, 4.69) is 0 Å². The minimum atomic E-state index is -0.488. The van der Waals surface area contributed by atoms with Crippen LogP contribution in [-0.4, -0.2) is 17.9 Å². The quantitative estimate of drug-likeness (QED) is 0.224. The largest absolute Gasteiger partial charge is 0.435 e. The SMILES string of the molecule is O=C(OCO)C(=C(C1CCCCCCCCC1)C1CCCCCCCCC1)C1CCCCCCCCC1. The zero-order valence-electron chi connectivity index (χ0n) is 24.3. The summed E-state index contributed by atoms with van der Waals surface area (Å²) in [6.07, 6.45) is 35.2. The van der Waals surface area contributed by atoms with Crippen LogP contribution in [0.2, 0.25) is 0 Å². The summed E-state index contributed by atoms with van der Waals surface area (Å²) in [5.74, 6) is 1.21. The Morgan fingerprint density at radius 1 is 0.459 bits per heavy atom. The first-order valence-electron chi connectivity index (χ1n) is 16.8. The molecule has 0 spiro atoms. The van der Waals surface area contributed by atoms with Gasteiger partial charge in [0.25, 0.3) is 0 Å². The number of rotatable bonds is 5. The Hall–Kier alpha value is -0.830. The number of carbonyl (C=O) groups excluding carboxylic acids is 1. The average molecular weight is 517 g/mol. The topological polar surface area (TPSA) is 46.5 Å². The predicted octanol–water partition coefficient (Wildman–Crippen LogP) is 10.2. The van der Waals surface area contributed by atoms with Gasteiger partial charge in [0.2, 0.25) is 0 Å². The van der Waals surface area contributed by atoms with Crippen molar-refractivity contribution in [2.45, 2.75) is 173 Å². The Labute approximate surface area is 229 Å². The first-order valence-corrected chi connectivity index (χ1v) is 16.8. The fourth-order valence-corrected chi connectivity index (χ4v) is 7.77. The zero-order valence-corrected chi connectivity index (χ0v) is 24.3. The van der Waals surface area contributed by atoms with Gasteiger partial charge in [0.1, 0.15) is 0 Å². The Morgan fingerprint density at radius 2 is 0.730 bits per heavy atom. The lowest BCUT2D eigenvalue weighted by Crippen LogP contribution is -2.26. The average Bonchev–Trinajstić information content (AvgIpc) is 2.92. The molecule has 3 nitrogen and oxygen atoms in total. The Morgan fingerprint density at radius 3 is 1.03 bits per heavy atom. The van der Waals surface area contributed by atoms with Crippen molar-refractivity contribution in [1.82, 2.24) is 0 Å². The summed E-state index contributed by atoms with van der Waals surface area (Å²) in [5.41, 5.74) is 2.58. The zero-order chi connectivity index (χ0) is 26.0. The van der Waals surface area contributed by atoms with E-state index < -0.39 is 6.79 Å². The van der Waals surface area contributed by atoms with Gasteiger partial charge in [-0.1, -0.05) is 140 Å². The monoisotopic (exact) mass is 516 g/mol. The van der Waals surface area contributed by atoms with Gasteiger partial charge in [-0.25, -0.2) is 4.79 Å². The maximum atomic E-state index is 13.8. The molecule has 3 aliphatic rings. The number of aliphatic hydroxyl groups excluding tert-OH is 1. The molecule has 0 amide bonds. The molecular weight excluding hydrogens is 456 g/mol. The van der Waals surface area contributed by atoms with E-state index in [9.17, 15) is 9.90 Å². The molecular formula is C34H60O3. The van der Waals surface area contributed by atoms with Crippen LogP contribution in [0.5, 0.6) is 0 Å². The van der Waals surface area contributed by atoms with Crippen molar-refractivity contribution in [2.75, 3.05) is 6.79 Å². The maximum Gasteiger partial charge on any atom is 0.336 e. The number of aliphatic hydroxyl groups is 1. The number of carbonyl (C=O) groups is 1. The van der Waals surface area contributed by atoms with Crippen molar-refractivity contribution in [2.24, 2.45) is 17.8 Å². The lowest BCUT2D eigenvalue weighted by molar-refractivity contribution is -0.147. The van der Waals surface area contributed by atoms with E-state index in [0.717, 1.165) is 18.4 Å². The lowest BCUT2D eigenvalue weighted by atomic mass is 9.71. The van der Waals surface area contributed by atoms with Gasteiger partial charge in [0.05, 0.1) is 0 Å². The van der Waals surface area contributed by atoms with E-state index >= 15 is 0 Å². The fraction of sp³-hybridized carbons (Fsp3) is 0.912. The second kappa shape index (κ2) is 19.3. The molecule has 0 radical (unpaired) electrons. The Bertz CT molecular complexity index is 581. The van der Waals surface area contributed by atoms with Crippen LogP contribution in [0.4, 0.5) is 0 Å². The van der Waals surface area contributed by atoms with Crippen molar-refractivity contribution in [1.29, 1.82) is 0 Å². The smallest absolute Gasteiger partial charge is 0.336 e. The van der Waals surface area contributed by atoms with Crippen molar-refractivity contribution in [3.05, 3.63) is 11.1 Å². The van der Waals surface area contributed by atoms with Gasteiger partial charge >= 0.3 is 5.97 Å². The molecule has 0 unspecified atom stereocenters. The highest BCUT2D eigenvalue weighted by atomic mass is 16.6. The molecule has 214 valence electrons. The summed E-state index contributed by atoms with van der Waals surface area (Å²) < 4.78 is 5.51. The van der Waals surface area contributed by atoms with Gasteiger partial charge in [-0.2, -0.15) is 0 Å². The molecule has 0 aromatic heterocycles. The van der Waals surface area contributed by atoms with Gasteiger partial charge in [0, 0.05) is 5.57 Å². The van der Waals surface area contributed by atoms with Crippen LogP contribution in [0.25, 0.3) is 0 Å². The number of ether oxygens (including phenoxy) is 1. The minimum absolute atomic E-state index is 0.172. The molecule has 1 N–H and O–H groups in total. The van der Waals surface area contributed by atoms with Crippen molar-refractivity contribution >= 4 is 5.97 Å². The number of esters is 1. The summed E-state index contributed by atoms with van der Waals surface area (Å²) in [5, 5.41) is 9.70. The molecule has 0 saturated heterocycles. The van der Waals surface area contributed by atoms with E-state index in [1.54, 1.807) is 0 Å². The molecule has 3 fully saturated rings. The first kappa shape index (κ1) is 30.7. The van der Waals surface area contributed by atoms with E-state index in [4.69, 9.17) is 4.74 Å². The van der Waals surface area contributed by atoms with E-state index in [1.807, 2.05) is 0 Å². The predicted molar refractivity (Wildman–Crippen MR) is 155 cm³/mol. The standard InChI is InChI=1S/C34H60O3/c35-28-37-34(36)33(31-26-20-14-8-3-9-15-21-27-31)32(29-22-16-10-4-1-5-11-17-23-29)30-24-18-12-6-2-7-13-19-25-30/h29-31,35H,1-28H2. The molecule has 3 aliphatic carbocycles. The van der Waals surface area contributed by atoms with Crippen molar-refractivity contribution < 1.29 is 14.6 Å². The van der Waals surface area contributed by atoms with Crippen molar-refractivity contribution in [3.63, 3.8) is 0 Å². The first-order chi connectivity index (χ1) is 18.3. The van der Waals surface area contributed by atoms with Gasteiger partial charge in [-0.15, -0.1) is 0 Å². The maximum absolute atomic E-state index is 13.8. The summed E-state index contributed by atoms with van der Waals surface area (Å²) >= 11 is 0. The van der Waals surface area contributed by atoms with Crippen LogP contribution in [0.1, 0.15) is 173 Å². The number of allylic oxidation sites excluding steroid dienone is 1. The van der Waals surface area contributed by atoms with Crippen LogP contribution in [0.3, 0.4) is 0 Å². The normalized spacial score (nSPS) is 24.0. The third-order valence-electron chi connectivity index (χ3n) is 9.83. The van der Waals surface area contributed by atoms with Gasteiger partial charge in [-0.3, -0.25) is 0 Å². The fourth-order valence-electron chi connectivity index (χ4n) is 7.77. The number of hydrogen-bond acceptors (Lipinski definition) is 3. The second-order valence-corrected chi connectivity index (χ2v) is 12.7. The summed E-state index contributed by atoms with van der Waals surface area (Å²) in [6.45, 7) is -0.488. The third-order valence-corrected chi connectivity index (χ3v) is 9.83. The Kier molecular flexibility index (Phi) is 16.0. The van der Waals surface area contributed by atoms with Gasteiger partial charge in [0.15, 0.2) is 6.79 Å². The molecule has 3 saturated carbocycles. The molecule has 0 atom stereocenters. The summed E-state index contributed by atoms with van der Waals surface area (Å²) in [7, 11) is 0. The van der Waals surface area contributed by atoms with Crippen LogP contribution in [-0.2, 0) is 9.53 Å². The second-order valence-electron chi connectivity index (χ2n) is 12.7. The highest BCUT2D eigenvalue weighted by Gasteiger charge is 2.33. The molecule has 0 aliphatic heterocycles. The molecule has 3 heteroatoms. The third kappa shape index (κ3) is 11.4. The summed E-state index contributed by atoms with van der Waals surface area (Å²) in [6, 6.07) is 0. The molecule has 37 heavy (non-hydrogen) atoms. The van der Waals surface area contributed by atoms with Gasteiger partial charge < -0.3 is 9.84 Å². The lowest BCUT2D eigenvalue weighted by Gasteiger charge is -2.34. The number of hydrogen-bond donors (Lipinski definition) is 1. The van der Waals surface area contributed by atoms with E-state index in [1.165, 1.54) is 166 Å². The van der Waals surface area contributed by atoms with E-state index in [-0.39, 0.29) is 5.97 Å². The highest BCUT2D eigenvalue weighted by Crippen LogP contribution is 2.42. The van der Waals surface area contributed by atoms with Crippen LogP contribution in [0.15, 0.2) is 11.1 Å². The molecule has 0 aromatic carbocycles.